The van der Waals surface area contributed by atoms with Gasteiger partial charge in [-0.05, 0) is 47.0 Å². The second-order valence-corrected chi connectivity index (χ2v) is 6.84. The van der Waals surface area contributed by atoms with Crippen LogP contribution in [0.4, 0.5) is 0 Å². The zero-order chi connectivity index (χ0) is 18.6. The molecule has 3 aromatic rings. The highest BCUT2D eigenvalue weighted by Gasteiger charge is 2.19. The number of phenols is 1. The standard InChI is InChI=1S/C24H18ClNO/c25-20-11-9-19(10-12-20)24-23(18-4-2-1-3-5-18)16-21(26-24)13-6-17-7-14-22(27)15-8-17/h1-15,27H,16H2/b13-6+. The molecule has 0 amide bonds. The molecule has 0 bridgehead atoms. The number of rotatable bonds is 4. The number of phenolic OH excluding ortho intramolecular Hbond substituents is 1. The first-order valence-electron chi connectivity index (χ1n) is 8.78. The van der Waals surface area contributed by atoms with Gasteiger partial charge in [-0.3, -0.25) is 4.99 Å². The van der Waals surface area contributed by atoms with E-state index in [2.05, 4.69) is 12.1 Å². The van der Waals surface area contributed by atoms with Crippen molar-refractivity contribution in [3.05, 3.63) is 107 Å². The zero-order valence-corrected chi connectivity index (χ0v) is 15.4. The van der Waals surface area contributed by atoms with Crippen LogP contribution in [0.1, 0.15) is 23.1 Å². The minimum absolute atomic E-state index is 0.267. The Morgan fingerprint density at radius 3 is 2.19 bits per heavy atom. The van der Waals surface area contributed by atoms with Crippen LogP contribution in [0.3, 0.4) is 0 Å². The molecule has 0 aliphatic carbocycles. The Morgan fingerprint density at radius 2 is 1.48 bits per heavy atom. The molecule has 0 saturated carbocycles. The SMILES string of the molecule is Oc1ccc(/C=C/C2=NC(c3ccc(Cl)cc3)=C(c3ccccc3)C2)cc1. The Bertz CT molecular complexity index is 1030. The monoisotopic (exact) mass is 371 g/mol. The predicted molar refractivity (Wildman–Crippen MR) is 114 cm³/mol. The summed E-state index contributed by atoms with van der Waals surface area (Å²) in [7, 11) is 0. The van der Waals surface area contributed by atoms with Gasteiger partial charge < -0.3 is 5.11 Å². The molecule has 132 valence electrons. The van der Waals surface area contributed by atoms with Gasteiger partial charge in [0.1, 0.15) is 5.75 Å². The Labute approximate surface area is 163 Å². The van der Waals surface area contributed by atoms with Crippen molar-refractivity contribution in [2.75, 3.05) is 0 Å². The maximum absolute atomic E-state index is 9.41. The summed E-state index contributed by atoms with van der Waals surface area (Å²) in [4.78, 5) is 4.90. The van der Waals surface area contributed by atoms with Gasteiger partial charge in [0.2, 0.25) is 0 Å². The minimum atomic E-state index is 0.267. The number of hydrogen-bond donors (Lipinski definition) is 1. The van der Waals surface area contributed by atoms with Gasteiger partial charge in [-0.15, -0.1) is 0 Å². The molecular weight excluding hydrogens is 354 g/mol. The molecule has 0 unspecified atom stereocenters. The van der Waals surface area contributed by atoms with Gasteiger partial charge in [0.15, 0.2) is 0 Å². The lowest BCUT2D eigenvalue weighted by molar-refractivity contribution is 0.475. The van der Waals surface area contributed by atoms with Crippen molar-refractivity contribution in [1.29, 1.82) is 0 Å². The smallest absolute Gasteiger partial charge is 0.115 e. The first kappa shape index (κ1) is 17.3. The third-order valence-electron chi connectivity index (χ3n) is 4.50. The molecule has 2 nitrogen and oxygen atoms in total. The molecule has 3 aromatic carbocycles. The summed E-state index contributed by atoms with van der Waals surface area (Å²) in [6, 6.07) is 25.3. The molecule has 27 heavy (non-hydrogen) atoms. The lowest BCUT2D eigenvalue weighted by Gasteiger charge is -2.06. The average molecular weight is 372 g/mol. The molecule has 1 aliphatic heterocycles. The number of hydrogen-bond acceptors (Lipinski definition) is 2. The summed E-state index contributed by atoms with van der Waals surface area (Å²) in [6.45, 7) is 0. The van der Waals surface area contributed by atoms with Crippen molar-refractivity contribution in [2.45, 2.75) is 6.42 Å². The fraction of sp³-hybridized carbons (Fsp3) is 0.0417. The highest BCUT2D eigenvalue weighted by Crippen LogP contribution is 2.36. The van der Waals surface area contributed by atoms with Crippen molar-refractivity contribution in [3.63, 3.8) is 0 Å². The number of aliphatic imine (C=N–C) groups is 1. The third-order valence-corrected chi connectivity index (χ3v) is 4.75. The Hall–Kier alpha value is -3.10. The maximum Gasteiger partial charge on any atom is 0.115 e. The van der Waals surface area contributed by atoms with E-state index in [1.165, 1.54) is 11.1 Å². The van der Waals surface area contributed by atoms with Gasteiger partial charge in [-0.1, -0.05) is 72.3 Å². The molecule has 4 rings (SSSR count). The molecule has 1 aliphatic rings. The van der Waals surface area contributed by atoms with Crippen molar-refractivity contribution in [2.24, 2.45) is 4.99 Å². The van der Waals surface area contributed by atoms with E-state index in [9.17, 15) is 5.11 Å². The molecular formula is C24H18ClNO. The van der Waals surface area contributed by atoms with Crippen LogP contribution in [0.2, 0.25) is 5.02 Å². The number of allylic oxidation sites excluding steroid dienone is 2. The van der Waals surface area contributed by atoms with Crippen molar-refractivity contribution in [3.8, 4) is 5.75 Å². The van der Waals surface area contributed by atoms with Crippen LogP contribution in [0.15, 0.2) is 89.9 Å². The van der Waals surface area contributed by atoms with E-state index >= 15 is 0 Å². The van der Waals surface area contributed by atoms with Crippen LogP contribution in [0, 0.1) is 0 Å². The van der Waals surface area contributed by atoms with Crippen molar-refractivity contribution >= 4 is 34.7 Å². The molecule has 0 fully saturated rings. The lowest BCUT2D eigenvalue weighted by atomic mass is 9.97. The van der Waals surface area contributed by atoms with E-state index in [4.69, 9.17) is 16.6 Å². The summed E-state index contributed by atoms with van der Waals surface area (Å²) in [5, 5.41) is 10.1. The van der Waals surface area contributed by atoms with E-state index in [-0.39, 0.29) is 5.75 Å². The third kappa shape index (κ3) is 4.02. The van der Waals surface area contributed by atoms with Gasteiger partial charge in [-0.25, -0.2) is 0 Å². The summed E-state index contributed by atoms with van der Waals surface area (Å²) < 4.78 is 0. The van der Waals surface area contributed by atoms with Crippen LogP contribution >= 0.6 is 11.6 Å². The minimum Gasteiger partial charge on any atom is -0.508 e. The molecule has 0 radical (unpaired) electrons. The van der Waals surface area contributed by atoms with E-state index in [1.807, 2.05) is 66.7 Å². The topological polar surface area (TPSA) is 32.6 Å². The van der Waals surface area contributed by atoms with Gasteiger partial charge in [0.05, 0.1) is 5.70 Å². The predicted octanol–water partition coefficient (Wildman–Crippen LogP) is 6.47. The number of aromatic hydroxyl groups is 1. The van der Waals surface area contributed by atoms with Crippen molar-refractivity contribution in [1.82, 2.24) is 0 Å². The van der Waals surface area contributed by atoms with E-state index in [0.29, 0.717) is 0 Å². The summed E-state index contributed by atoms with van der Waals surface area (Å²) in [5.41, 5.74) is 6.47. The van der Waals surface area contributed by atoms with Crippen molar-refractivity contribution < 1.29 is 5.11 Å². The second kappa shape index (κ2) is 7.65. The second-order valence-electron chi connectivity index (χ2n) is 6.40. The number of halogens is 1. The first-order valence-corrected chi connectivity index (χ1v) is 9.16. The van der Waals surface area contributed by atoms with Gasteiger partial charge in [-0.2, -0.15) is 0 Å². The summed E-state index contributed by atoms with van der Waals surface area (Å²) in [6.07, 6.45) is 4.83. The van der Waals surface area contributed by atoms with Gasteiger partial charge >= 0.3 is 0 Å². The molecule has 0 saturated heterocycles. The van der Waals surface area contributed by atoms with E-state index in [1.54, 1.807) is 12.1 Å². The summed E-state index contributed by atoms with van der Waals surface area (Å²) >= 11 is 6.05. The normalized spacial score (nSPS) is 14.0. The molecule has 0 aromatic heterocycles. The van der Waals surface area contributed by atoms with Gasteiger partial charge in [0.25, 0.3) is 0 Å². The highest BCUT2D eigenvalue weighted by atomic mass is 35.5. The van der Waals surface area contributed by atoms with E-state index < -0.39 is 0 Å². The van der Waals surface area contributed by atoms with Crippen LogP contribution in [0.25, 0.3) is 17.3 Å². The molecule has 0 atom stereocenters. The van der Waals surface area contributed by atoms with Crippen LogP contribution in [-0.2, 0) is 0 Å². The maximum atomic E-state index is 9.41. The molecule has 3 heteroatoms. The number of nitrogens with zero attached hydrogens (tertiary/aromatic N) is 1. The van der Waals surface area contributed by atoms with Crippen LogP contribution in [-0.4, -0.2) is 10.8 Å². The first-order chi connectivity index (χ1) is 13.2. The fourth-order valence-electron chi connectivity index (χ4n) is 3.11. The zero-order valence-electron chi connectivity index (χ0n) is 14.6. The quantitative estimate of drug-likeness (QED) is 0.559. The molecule has 0 spiro atoms. The Kier molecular flexibility index (Phi) is 4.91. The molecule has 1 heterocycles. The molecule has 1 N–H and O–H groups in total. The van der Waals surface area contributed by atoms with Crippen LogP contribution < -0.4 is 0 Å². The van der Waals surface area contributed by atoms with Gasteiger partial charge in [0, 0.05) is 22.7 Å². The fourth-order valence-corrected chi connectivity index (χ4v) is 3.24. The highest BCUT2D eigenvalue weighted by molar-refractivity contribution is 6.30. The largest absolute Gasteiger partial charge is 0.508 e. The lowest BCUT2D eigenvalue weighted by Crippen LogP contribution is -1.90. The van der Waals surface area contributed by atoms with E-state index in [0.717, 1.165) is 34.0 Å². The average Bonchev–Trinajstić information content (AvgIpc) is 3.13. The van der Waals surface area contributed by atoms with Crippen LogP contribution in [0.5, 0.6) is 5.75 Å². The Balaban J connectivity index is 1.68. The number of benzene rings is 3. The Morgan fingerprint density at radius 1 is 0.778 bits per heavy atom. The summed E-state index contributed by atoms with van der Waals surface area (Å²) in [5.74, 6) is 0.267.